The molecule has 34 heavy (non-hydrogen) atoms. The first kappa shape index (κ1) is 20.5. The van der Waals surface area contributed by atoms with Gasteiger partial charge in [0.15, 0.2) is 0 Å². The average molecular weight is 455 g/mol. The predicted octanol–water partition coefficient (Wildman–Crippen LogP) is 4.18. The number of imidazole rings is 1. The van der Waals surface area contributed by atoms with Crippen molar-refractivity contribution < 1.29 is 9.18 Å². The molecule has 2 aromatic carbocycles. The lowest BCUT2D eigenvalue weighted by molar-refractivity contribution is 0.0959. The van der Waals surface area contributed by atoms with Gasteiger partial charge in [0.05, 0.1) is 23.0 Å². The molecule has 0 bridgehead atoms. The Hall–Kier alpha value is -4.07. The number of carbonyl (C=O) groups is 1. The average Bonchev–Trinajstić information content (AvgIpc) is 3.56. The SMILES string of the molecule is CNC(=O)c1ccc(C2(C)C=Nc3ncc(C4(c5ccc6ncccc6c5)CC4)n3N2)cc1F. The van der Waals surface area contributed by atoms with Crippen LogP contribution in [-0.4, -0.2) is 33.8 Å². The molecule has 0 radical (unpaired) electrons. The van der Waals surface area contributed by atoms with Gasteiger partial charge in [0.1, 0.15) is 11.4 Å². The van der Waals surface area contributed by atoms with Crippen LogP contribution in [0.25, 0.3) is 10.9 Å². The van der Waals surface area contributed by atoms with Gasteiger partial charge in [0.25, 0.3) is 5.91 Å². The number of aliphatic imine (C=N–C) groups is 1. The summed E-state index contributed by atoms with van der Waals surface area (Å²) in [6, 6.07) is 15.1. The van der Waals surface area contributed by atoms with E-state index in [2.05, 4.69) is 50.0 Å². The lowest BCUT2D eigenvalue weighted by Gasteiger charge is -2.34. The van der Waals surface area contributed by atoms with Crippen LogP contribution in [0, 0.1) is 5.82 Å². The molecule has 1 aliphatic heterocycles. The number of nitrogens with one attached hydrogen (secondary N) is 2. The quantitative estimate of drug-likeness (QED) is 0.485. The number of aromatic nitrogens is 3. The van der Waals surface area contributed by atoms with E-state index in [0.717, 1.165) is 29.4 Å². The molecule has 0 spiro atoms. The fourth-order valence-corrected chi connectivity index (χ4v) is 4.82. The van der Waals surface area contributed by atoms with E-state index >= 15 is 0 Å². The van der Waals surface area contributed by atoms with E-state index in [1.165, 1.54) is 24.7 Å². The van der Waals surface area contributed by atoms with Gasteiger partial charge in [-0.15, -0.1) is 0 Å². The molecule has 6 rings (SSSR count). The van der Waals surface area contributed by atoms with Crippen molar-refractivity contribution in [2.75, 3.05) is 12.5 Å². The minimum atomic E-state index is -0.784. The van der Waals surface area contributed by atoms with Crippen LogP contribution >= 0.6 is 0 Å². The van der Waals surface area contributed by atoms with Crippen molar-refractivity contribution in [2.24, 2.45) is 4.99 Å². The summed E-state index contributed by atoms with van der Waals surface area (Å²) >= 11 is 0. The van der Waals surface area contributed by atoms with Gasteiger partial charge in [-0.05, 0) is 61.2 Å². The molecular formula is C26H23FN6O. The molecule has 4 aromatic rings. The number of rotatable bonds is 4. The first-order valence-electron chi connectivity index (χ1n) is 11.2. The molecule has 7 nitrogen and oxygen atoms in total. The third kappa shape index (κ3) is 3.02. The molecule has 2 aliphatic rings. The van der Waals surface area contributed by atoms with Crippen molar-refractivity contribution in [2.45, 2.75) is 30.7 Å². The van der Waals surface area contributed by atoms with Gasteiger partial charge >= 0.3 is 0 Å². The zero-order valence-electron chi connectivity index (χ0n) is 18.8. The van der Waals surface area contributed by atoms with Crippen molar-refractivity contribution in [3.63, 3.8) is 0 Å². The summed E-state index contributed by atoms with van der Waals surface area (Å²) < 4.78 is 16.6. The second kappa shape index (κ2) is 7.21. The molecule has 2 aromatic heterocycles. The Morgan fingerprint density at radius 1 is 1.12 bits per heavy atom. The maximum Gasteiger partial charge on any atom is 0.253 e. The first-order chi connectivity index (χ1) is 16.4. The Morgan fingerprint density at radius 3 is 2.71 bits per heavy atom. The number of halogens is 1. The lowest BCUT2D eigenvalue weighted by atomic mass is 9.90. The van der Waals surface area contributed by atoms with E-state index < -0.39 is 17.3 Å². The number of amides is 1. The molecule has 3 heterocycles. The molecule has 1 aliphatic carbocycles. The molecule has 1 fully saturated rings. The summed E-state index contributed by atoms with van der Waals surface area (Å²) in [4.78, 5) is 25.5. The summed E-state index contributed by atoms with van der Waals surface area (Å²) in [6.45, 7) is 1.93. The number of carbonyl (C=O) groups excluding carboxylic acids is 1. The highest BCUT2D eigenvalue weighted by Gasteiger charge is 2.50. The molecular weight excluding hydrogens is 431 g/mol. The van der Waals surface area contributed by atoms with Crippen LogP contribution in [0.2, 0.25) is 0 Å². The van der Waals surface area contributed by atoms with Gasteiger partial charge in [0, 0.05) is 30.3 Å². The summed E-state index contributed by atoms with van der Waals surface area (Å²) in [7, 11) is 1.48. The van der Waals surface area contributed by atoms with E-state index in [4.69, 9.17) is 0 Å². The molecule has 1 amide bonds. The second-order valence-electron chi connectivity index (χ2n) is 9.12. The standard InChI is InChI=1S/C26H23FN6O/c1-25(17-5-7-19(20(27)13-17)23(34)28-2)15-31-24-30-14-22(33(24)32-25)26(9-10-26)18-6-8-21-16(12-18)4-3-11-29-21/h3-8,11-15,32H,9-10H2,1-2H3,(H,28,34). The predicted molar refractivity (Wildman–Crippen MR) is 129 cm³/mol. The lowest BCUT2D eigenvalue weighted by Crippen LogP contribution is -2.43. The fourth-order valence-electron chi connectivity index (χ4n) is 4.82. The number of pyridine rings is 1. The number of hydrogen-bond acceptors (Lipinski definition) is 5. The number of hydrogen-bond donors (Lipinski definition) is 2. The zero-order chi connectivity index (χ0) is 23.5. The highest BCUT2D eigenvalue weighted by Crippen LogP contribution is 2.54. The maximum atomic E-state index is 14.7. The maximum absolute atomic E-state index is 14.7. The first-order valence-corrected chi connectivity index (χ1v) is 11.2. The van der Waals surface area contributed by atoms with Crippen LogP contribution in [0.5, 0.6) is 0 Å². The Kier molecular flexibility index (Phi) is 4.36. The second-order valence-corrected chi connectivity index (χ2v) is 9.12. The van der Waals surface area contributed by atoms with Crippen molar-refractivity contribution in [3.8, 4) is 0 Å². The van der Waals surface area contributed by atoms with Crippen molar-refractivity contribution >= 4 is 29.0 Å². The Bertz CT molecular complexity index is 1490. The monoisotopic (exact) mass is 454 g/mol. The Balaban J connectivity index is 1.38. The smallest absolute Gasteiger partial charge is 0.253 e. The largest absolute Gasteiger partial charge is 0.355 e. The Labute approximate surface area is 195 Å². The van der Waals surface area contributed by atoms with Crippen LogP contribution in [0.1, 0.15) is 46.9 Å². The van der Waals surface area contributed by atoms with Gasteiger partial charge in [-0.25, -0.2) is 19.0 Å². The molecule has 0 saturated heterocycles. The van der Waals surface area contributed by atoms with Crippen molar-refractivity contribution in [1.82, 2.24) is 20.0 Å². The van der Waals surface area contributed by atoms with Crippen LogP contribution in [0.4, 0.5) is 10.3 Å². The van der Waals surface area contributed by atoms with Crippen molar-refractivity contribution in [1.29, 1.82) is 0 Å². The van der Waals surface area contributed by atoms with E-state index in [-0.39, 0.29) is 11.0 Å². The van der Waals surface area contributed by atoms with Crippen LogP contribution in [-0.2, 0) is 11.0 Å². The highest BCUT2D eigenvalue weighted by atomic mass is 19.1. The van der Waals surface area contributed by atoms with Crippen LogP contribution in [0.3, 0.4) is 0 Å². The molecule has 8 heteroatoms. The number of nitrogens with zero attached hydrogens (tertiary/aromatic N) is 4. The van der Waals surface area contributed by atoms with Gasteiger partial charge < -0.3 is 10.7 Å². The highest BCUT2D eigenvalue weighted by molar-refractivity contribution is 5.94. The topological polar surface area (TPSA) is 84.2 Å². The normalized spacial score (nSPS) is 20.0. The molecule has 1 unspecified atom stereocenters. The third-order valence-corrected chi connectivity index (χ3v) is 6.96. The number of benzene rings is 2. The minimum Gasteiger partial charge on any atom is -0.355 e. The van der Waals surface area contributed by atoms with Gasteiger partial charge in [-0.3, -0.25) is 9.78 Å². The van der Waals surface area contributed by atoms with Gasteiger partial charge in [-0.2, -0.15) is 0 Å². The minimum absolute atomic E-state index is 0.00864. The van der Waals surface area contributed by atoms with E-state index in [1.807, 2.05) is 23.9 Å². The molecule has 1 saturated carbocycles. The van der Waals surface area contributed by atoms with E-state index in [0.29, 0.717) is 11.5 Å². The Morgan fingerprint density at radius 2 is 1.94 bits per heavy atom. The van der Waals surface area contributed by atoms with Gasteiger partial charge in [-0.1, -0.05) is 18.2 Å². The molecule has 1 atom stereocenters. The van der Waals surface area contributed by atoms with E-state index in [1.54, 1.807) is 18.5 Å². The van der Waals surface area contributed by atoms with E-state index in [9.17, 15) is 9.18 Å². The van der Waals surface area contributed by atoms with Crippen molar-refractivity contribution in [3.05, 3.63) is 89.1 Å². The molecule has 2 N–H and O–H groups in total. The third-order valence-electron chi connectivity index (χ3n) is 6.96. The summed E-state index contributed by atoms with van der Waals surface area (Å²) in [5, 5.41) is 3.56. The van der Waals surface area contributed by atoms with Crippen LogP contribution < -0.4 is 10.7 Å². The summed E-state index contributed by atoms with van der Waals surface area (Å²) in [5.74, 6) is -0.475. The molecule has 170 valence electrons. The van der Waals surface area contributed by atoms with Crippen LogP contribution in [0.15, 0.2) is 65.9 Å². The summed E-state index contributed by atoms with van der Waals surface area (Å²) in [5.41, 5.74) is 6.44. The number of fused-ring (bicyclic) bond motifs is 2. The summed E-state index contributed by atoms with van der Waals surface area (Å²) in [6.07, 6.45) is 7.41. The zero-order valence-corrected chi connectivity index (χ0v) is 18.8. The fraction of sp³-hybridized carbons (Fsp3) is 0.231. The van der Waals surface area contributed by atoms with Gasteiger partial charge in [0.2, 0.25) is 5.95 Å².